The molecule has 7 rings (SSSR count). The second kappa shape index (κ2) is 14.8. The molecule has 0 atom stereocenters. The molecule has 2 nitrogen and oxygen atoms in total. The van der Waals surface area contributed by atoms with Gasteiger partial charge in [-0.2, -0.15) is 26.3 Å². The lowest BCUT2D eigenvalue weighted by Crippen LogP contribution is -2.48. The van der Waals surface area contributed by atoms with Crippen molar-refractivity contribution in [1.29, 1.82) is 0 Å². The Balaban J connectivity index is 1.55. The van der Waals surface area contributed by atoms with Gasteiger partial charge in [0.1, 0.15) is 0 Å². The van der Waals surface area contributed by atoms with Crippen LogP contribution >= 0.6 is 22.7 Å². The highest BCUT2D eigenvalue weighted by Gasteiger charge is 2.80. The van der Waals surface area contributed by atoms with E-state index in [9.17, 15) is 10.2 Å². The zero-order chi connectivity index (χ0) is 44.9. The Kier molecular flexibility index (Phi) is 10.8. The Morgan fingerprint density at radius 1 is 0.393 bits per heavy atom. The minimum absolute atomic E-state index is 0.136. The van der Waals surface area contributed by atoms with E-state index in [0.29, 0.717) is 43.1 Å². The average Bonchev–Trinajstić information content (AvgIpc) is 3.83. The second-order valence-corrected chi connectivity index (χ2v) is 21.2. The summed E-state index contributed by atoms with van der Waals surface area (Å²) in [6.45, 7) is 18.6. The van der Waals surface area contributed by atoms with E-state index < -0.39 is 51.2 Å². The van der Waals surface area contributed by atoms with Crippen LogP contribution in [0.3, 0.4) is 0 Å². The van der Waals surface area contributed by atoms with Gasteiger partial charge in [-0.3, -0.25) is 0 Å². The normalized spacial score (nSPS) is 16.7. The molecule has 2 heterocycles. The van der Waals surface area contributed by atoms with Crippen LogP contribution in [-0.2, 0) is 22.0 Å². The van der Waals surface area contributed by atoms with Gasteiger partial charge in [-0.1, -0.05) is 139 Å². The minimum atomic E-state index is -5.79. The average molecular weight is 873 g/mol. The first-order valence-corrected chi connectivity index (χ1v) is 21.7. The fraction of sp³-hybridized carbons (Fsp3) is 0.333. The number of aliphatic hydroxyl groups is 2. The Labute approximate surface area is 362 Å². The van der Waals surface area contributed by atoms with Crippen LogP contribution < -0.4 is 0 Å². The lowest BCUT2D eigenvalue weighted by atomic mass is 9.86. The second-order valence-electron chi connectivity index (χ2n) is 19.1. The topological polar surface area (TPSA) is 40.5 Å². The van der Waals surface area contributed by atoms with Crippen molar-refractivity contribution in [2.45, 2.75) is 109 Å². The van der Waals surface area contributed by atoms with E-state index >= 15 is 26.3 Å². The van der Waals surface area contributed by atoms with E-state index in [1.165, 1.54) is 12.1 Å². The fourth-order valence-electron chi connectivity index (χ4n) is 7.63. The van der Waals surface area contributed by atoms with Gasteiger partial charge >= 0.3 is 17.8 Å². The smallest absolute Gasteiger partial charge is 0.380 e. The van der Waals surface area contributed by atoms with Crippen LogP contribution in [0.15, 0.2) is 109 Å². The summed E-state index contributed by atoms with van der Waals surface area (Å²) in [4.78, 5) is 1.06. The van der Waals surface area contributed by atoms with E-state index in [1.54, 1.807) is 100 Å². The minimum Gasteiger partial charge on any atom is -0.386 e. The first-order valence-electron chi connectivity index (χ1n) is 20.1. The molecule has 2 aromatic heterocycles. The summed E-state index contributed by atoms with van der Waals surface area (Å²) >= 11 is 2.10. The molecule has 0 spiro atoms. The SMILES string of the molecule is CC(C)(C)c1ccc(-c2sc(-c3ccc(C(C)(C)O)cc3)cc2C2=C(c3cc(-c4ccc(C(C)(C)O)cc4)sc3-c3ccc(C(C)(C)C)cc3)C(F)(F)C(F)(F)C2(F)F)cc1. The first-order chi connectivity index (χ1) is 28.0. The molecule has 1 aliphatic carbocycles. The van der Waals surface area contributed by atoms with Gasteiger partial charge in [0, 0.05) is 41.8 Å². The summed E-state index contributed by atoms with van der Waals surface area (Å²) in [6.07, 6.45) is 0. The molecule has 4 aromatic carbocycles. The van der Waals surface area contributed by atoms with Crippen molar-refractivity contribution < 1.29 is 36.6 Å². The number of halogens is 6. The van der Waals surface area contributed by atoms with Crippen LogP contribution in [-0.4, -0.2) is 28.0 Å². The standard InChI is InChI=1S/C51H50F6O2S2/c1-45(2,3)33-19-15-31(16-20-33)43-37(27-39(60-43)29-11-23-35(24-12-29)47(7,8)58)41-42(50(54,55)51(56,57)49(41,52)53)38-28-40(30-13-25-36(26-14-30)48(9,10)59)61-44(38)32-17-21-34(22-18-32)46(4,5)6/h11-28,58-59H,1-10H3. The van der Waals surface area contributed by atoms with Crippen LogP contribution in [0.2, 0.25) is 0 Å². The predicted octanol–water partition coefficient (Wildman–Crippen LogP) is 15.4. The van der Waals surface area contributed by atoms with Crippen LogP contribution in [0.5, 0.6) is 0 Å². The monoisotopic (exact) mass is 872 g/mol. The van der Waals surface area contributed by atoms with Crippen molar-refractivity contribution in [3.63, 3.8) is 0 Å². The van der Waals surface area contributed by atoms with Crippen molar-refractivity contribution in [2.75, 3.05) is 0 Å². The van der Waals surface area contributed by atoms with E-state index in [2.05, 4.69) is 0 Å². The Morgan fingerprint density at radius 2 is 0.656 bits per heavy atom. The van der Waals surface area contributed by atoms with Gasteiger partial charge in [0.2, 0.25) is 0 Å². The molecule has 6 aromatic rings. The molecule has 0 aliphatic heterocycles. The molecule has 320 valence electrons. The predicted molar refractivity (Wildman–Crippen MR) is 240 cm³/mol. The Bertz CT molecular complexity index is 2420. The number of allylic oxidation sites excluding steroid dienone is 2. The third-order valence-corrected chi connectivity index (χ3v) is 13.9. The maximum Gasteiger partial charge on any atom is 0.380 e. The molecular formula is C51H50F6O2S2. The molecule has 1 aliphatic rings. The number of hydrogen-bond acceptors (Lipinski definition) is 4. The van der Waals surface area contributed by atoms with Gasteiger partial charge in [0.15, 0.2) is 0 Å². The number of thiophene rings is 2. The highest BCUT2D eigenvalue weighted by atomic mass is 32.1. The molecule has 0 saturated carbocycles. The quantitative estimate of drug-likeness (QED) is 0.150. The molecule has 0 radical (unpaired) electrons. The van der Waals surface area contributed by atoms with Crippen molar-refractivity contribution in [3.05, 3.63) is 143 Å². The number of hydrogen-bond donors (Lipinski definition) is 2. The van der Waals surface area contributed by atoms with Gasteiger partial charge in [0.25, 0.3) is 0 Å². The van der Waals surface area contributed by atoms with Crippen LogP contribution in [0, 0.1) is 0 Å². The molecular weight excluding hydrogens is 823 g/mol. The van der Waals surface area contributed by atoms with E-state index in [4.69, 9.17) is 0 Å². The highest BCUT2D eigenvalue weighted by molar-refractivity contribution is 7.19. The maximum absolute atomic E-state index is 16.9. The fourth-order valence-corrected chi connectivity index (χ4v) is 9.98. The van der Waals surface area contributed by atoms with Crippen LogP contribution in [0.1, 0.15) is 103 Å². The summed E-state index contributed by atoms with van der Waals surface area (Å²) in [7, 11) is 0. The van der Waals surface area contributed by atoms with E-state index in [-0.39, 0.29) is 20.6 Å². The van der Waals surface area contributed by atoms with Gasteiger partial charge in [-0.05, 0) is 95.2 Å². The van der Waals surface area contributed by atoms with Gasteiger partial charge in [-0.15, -0.1) is 22.7 Å². The zero-order valence-electron chi connectivity index (χ0n) is 35.9. The summed E-state index contributed by atoms with van der Waals surface area (Å²) in [5, 5.41) is 21.2. The molecule has 10 heteroatoms. The summed E-state index contributed by atoms with van der Waals surface area (Å²) in [6, 6.07) is 30.3. The van der Waals surface area contributed by atoms with Crippen molar-refractivity contribution in [3.8, 4) is 41.8 Å². The summed E-state index contributed by atoms with van der Waals surface area (Å²) in [5.41, 5.74) is -1.65. The first kappa shape index (κ1) is 44.6. The number of rotatable bonds is 8. The molecule has 2 N–H and O–H groups in total. The van der Waals surface area contributed by atoms with Crippen molar-refractivity contribution >= 4 is 33.8 Å². The third-order valence-electron chi connectivity index (χ3n) is 11.4. The molecule has 0 saturated heterocycles. The van der Waals surface area contributed by atoms with E-state index in [1.807, 2.05) is 65.8 Å². The zero-order valence-corrected chi connectivity index (χ0v) is 37.5. The van der Waals surface area contributed by atoms with Crippen molar-refractivity contribution in [2.24, 2.45) is 0 Å². The lowest BCUT2D eigenvalue weighted by Gasteiger charge is -2.26. The Hall–Kier alpha value is -4.48. The van der Waals surface area contributed by atoms with Gasteiger partial charge in [0.05, 0.1) is 11.2 Å². The Morgan fingerprint density at radius 3 is 0.918 bits per heavy atom. The number of alkyl halides is 6. The maximum atomic E-state index is 16.9. The van der Waals surface area contributed by atoms with Gasteiger partial charge in [-0.25, -0.2) is 0 Å². The highest BCUT2D eigenvalue weighted by Crippen LogP contribution is 2.67. The summed E-state index contributed by atoms with van der Waals surface area (Å²) in [5.74, 6) is -16.4. The van der Waals surface area contributed by atoms with E-state index in [0.717, 1.165) is 33.8 Å². The molecule has 0 fully saturated rings. The molecule has 61 heavy (non-hydrogen) atoms. The van der Waals surface area contributed by atoms with Crippen molar-refractivity contribution in [1.82, 2.24) is 0 Å². The van der Waals surface area contributed by atoms with Gasteiger partial charge < -0.3 is 10.2 Å². The molecule has 0 amide bonds. The molecule has 0 bridgehead atoms. The van der Waals surface area contributed by atoms with Crippen LogP contribution in [0.25, 0.3) is 52.9 Å². The third kappa shape index (κ3) is 7.94. The molecule has 0 unspecified atom stereocenters. The number of benzene rings is 4. The lowest BCUT2D eigenvalue weighted by molar-refractivity contribution is -0.254. The van der Waals surface area contributed by atoms with Crippen LogP contribution in [0.4, 0.5) is 26.3 Å². The largest absolute Gasteiger partial charge is 0.386 e. The summed E-state index contributed by atoms with van der Waals surface area (Å²) < 4.78 is 99.9.